The largest absolute Gasteiger partial charge is 0.368 e. The lowest BCUT2D eigenvalue weighted by Gasteiger charge is -2.36. The molecule has 0 atom stereocenters. The van der Waals surface area contributed by atoms with Crippen molar-refractivity contribution in [3.63, 3.8) is 0 Å². The van der Waals surface area contributed by atoms with E-state index >= 15 is 0 Å². The molecule has 1 aromatic carbocycles. The number of aromatic nitrogens is 2. The molecule has 1 amide bonds. The summed E-state index contributed by atoms with van der Waals surface area (Å²) < 4.78 is 0. The number of piperazine rings is 1. The Morgan fingerprint density at radius 1 is 1.11 bits per heavy atom. The maximum atomic E-state index is 13.0. The Morgan fingerprint density at radius 2 is 1.86 bits per heavy atom. The summed E-state index contributed by atoms with van der Waals surface area (Å²) in [6.45, 7) is 10.2. The van der Waals surface area contributed by atoms with Crippen molar-refractivity contribution in [2.75, 3.05) is 49.6 Å². The number of carbonyl (C=O) groups excluding carboxylic acids is 1. The Kier molecular flexibility index (Phi) is 6.49. The minimum atomic E-state index is -0.000432. The molecular formula is C22H31N5O. The fraction of sp³-hybridized carbons (Fsp3) is 0.500. The van der Waals surface area contributed by atoms with Gasteiger partial charge in [0.1, 0.15) is 5.69 Å². The van der Waals surface area contributed by atoms with E-state index in [1.165, 1.54) is 11.3 Å². The number of rotatable bonds is 6. The van der Waals surface area contributed by atoms with Crippen LogP contribution in [0.5, 0.6) is 0 Å². The molecule has 6 heteroatoms. The molecule has 1 saturated heterocycles. The Balaban J connectivity index is 1.67. The molecular weight excluding hydrogens is 350 g/mol. The summed E-state index contributed by atoms with van der Waals surface area (Å²) >= 11 is 0. The van der Waals surface area contributed by atoms with E-state index in [1.807, 2.05) is 23.8 Å². The number of benzene rings is 1. The Hall–Kier alpha value is -2.63. The molecule has 0 aliphatic carbocycles. The second-order valence-corrected chi connectivity index (χ2v) is 7.59. The number of hydrogen-bond donors (Lipinski definition) is 0. The minimum absolute atomic E-state index is 0.000432. The zero-order chi connectivity index (χ0) is 20.1. The highest BCUT2D eigenvalue weighted by atomic mass is 16.2. The highest BCUT2D eigenvalue weighted by molar-refractivity contribution is 5.92. The van der Waals surface area contributed by atoms with Gasteiger partial charge in [0.25, 0.3) is 5.91 Å². The molecule has 1 aromatic heterocycles. The van der Waals surface area contributed by atoms with Crippen LogP contribution >= 0.6 is 0 Å². The molecule has 28 heavy (non-hydrogen) atoms. The van der Waals surface area contributed by atoms with Crippen LogP contribution in [0.4, 0.5) is 11.6 Å². The topological polar surface area (TPSA) is 52.6 Å². The summed E-state index contributed by atoms with van der Waals surface area (Å²) in [5, 5.41) is 0. The molecule has 3 rings (SSSR count). The quantitative estimate of drug-likeness (QED) is 0.768. The lowest BCUT2D eigenvalue weighted by molar-refractivity contribution is 0.0740. The number of unbranched alkanes of at least 4 members (excludes halogenated alkanes) is 1. The normalized spacial score (nSPS) is 14.3. The van der Waals surface area contributed by atoms with Crippen LogP contribution in [0.15, 0.2) is 30.3 Å². The smallest absolute Gasteiger partial charge is 0.272 e. The van der Waals surface area contributed by atoms with Gasteiger partial charge in [0, 0.05) is 51.2 Å². The van der Waals surface area contributed by atoms with Crippen LogP contribution in [-0.2, 0) is 0 Å². The summed E-state index contributed by atoms with van der Waals surface area (Å²) in [6.07, 6.45) is 2.20. The van der Waals surface area contributed by atoms with E-state index in [0.29, 0.717) is 24.7 Å². The minimum Gasteiger partial charge on any atom is -0.368 e. The van der Waals surface area contributed by atoms with Gasteiger partial charge in [-0.2, -0.15) is 0 Å². The molecule has 1 aliphatic rings. The molecule has 150 valence electrons. The average molecular weight is 382 g/mol. The summed E-state index contributed by atoms with van der Waals surface area (Å²) in [5.74, 6) is 0.634. The fourth-order valence-electron chi connectivity index (χ4n) is 3.48. The van der Waals surface area contributed by atoms with Gasteiger partial charge in [-0.1, -0.05) is 25.5 Å². The number of hydrogen-bond acceptors (Lipinski definition) is 5. The molecule has 1 aliphatic heterocycles. The monoisotopic (exact) mass is 381 g/mol. The van der Waals surface area contributed by atoms with Gasteiger partial charge in [0.05, 0.1) is 0 Å². The van der Waals surface area contributed by atoms with E-state index in [-0.39, 0.29) is 5.91 Å². The molecule has 0 saturated carbocycles. The van der Waals surface area contributed by atoms with Crippen LogP contribution in [0, 0.1) is 13.8 Å². The van der Waals surface area contributed by atoms with E-state index in [9.17, 15) is 4.79 Å². The molecule has 1 fully saturated rings. The third kappa shape index (κ3) is 4.80. The van der Waals surface area contributed by atoms with Gasteiger partial charge in [-0.25, -0.2) is 9.97 Å². The van der Waals surface area contributed by atoms with Gasteiger partial charge >= 0.3 is 0 Å². The summed E-state index contributed by atoms with van der Waals surface area (Å²) in [5.41, 5.74) is 3.81. The number of amides is 1. The molecule has 2 aromatic rings. The van der Waals surface area contributed by atoms with E-state index < -0.39 is 0 Å². The average Bonchev–Trinajstić information content (AvgIpc) is 2.71. The van der Waals surface area contributed by atoms with Crippen LogP contribution in [0.1, 0.15) is 41.5 Å². The lowest BCUT2D eigenvalue weighted by Crippen LogP contribution is -2.49. The van der Waals surface area contributed by atoms with Crippen molar-refractivity contribution in [1.82, 2.24) is 14.9 Å². The third-order valence-electron chi connectivity index (χ3n) is 5.18. The maximum Gasteiger partial charge on any atom is 0.272 e. The van der Waals surface area contributed by atoms with Gasteiger partial charge < -0.3 is 14.7 Å². The predicted octanol–water partition coefficient (Wildman–Crippen LogP) is 3.29. The van der Waals surface area contributed by atoms with Crippen molar-refractivity contribution >= 4 is 17.5 Å². The van der Waals surface area contributed by atoms with Crippen LogP contribution in [0.2, 0.25) is 0 Å². The van der Waals surface area contributed by atoms with Crippen molar-refractivity contribution < 1.29 is 4.79 Å². The second-order valence-electron chi connectivity index (χ2n) is 7.59. The van der Waals surface area contributed by atoms with Gasteiger partial charge in [-0.05, 0) is 44.0 Å². The fourth-order valence-corrected chi connectivity index (χ4v) is 3.48. The van der Waals surface area contributed by atoms with Crippen molar-refractivity contribution in [3.8, 4) is 0 Å². The highest BCUT2D eigenvalue weighted by Gasteiger charge is 2.24. The zero-order valence-electron chi connectivity index (χ0n) is 17.5. The molecule has 0 bridgehead atoms. The Labute approximate surface area is 168 Å². The molecule has 6 nitrogen and oxygen atoms in total. The zero-order valence-corrected chi connectivity index (χ0v) is 17.5. The van der Waals surface area contributed by atoms with Gasteiger partial charge in [0.2, 0.25) is 5.95 Å². The number of anilines is 2. The molecule has 0 radical (unpaired) electrons. The Bertz CT molecular complexity index is 814. The first-order valence-corrected chi connectivity index (χ1v) is 10.2. The third-order valence-corrected chi connectivity index (χ3v) is 5.18. The first kappa shape index (κ1) is 20.1. The van der Waals surface area contributed by atoms with E-state index in [0.717, 1.165) is 38.2 Å². The number of aryl methyl sites for hydroxylation is 2. The molecule has 0 unspecified atom stereocenters. The summed E-state index contributed by atoms with van der Waals surface area (Å²) in [6, 6.07) is 10.3. The predicted molar refractivity (Wildman–Crippen MR) is 114 cm³/mol. The second kappa shape index (κ2) is 9.04. The molecule has 0 spiro atoms. The first-order valence-electron chi connectivity index (χ1n) is 10.2. The highest BCUT2D eigenvalue weighted by Crippen LogP contribution is 2.19. The maximum absolute atomic E-state index is 13.0. The van der Waals surface area contributed by atoms with E-state index in [4.69, 9.17) is 0 Å². The standard InChI is InChI=1S/C22H31N5O/c1-5-6-10-25(4)22-23-18(3)16-20(24-22)21(28)27-13-11-26(12-14-27)19-9-7-8-17(2)15-19/h7-9,15-16H,5-6,10-14H2,1-4H3. The number of carbonyl (C=O) groups is 1. The SMILES string of the molecule is CCCCN(C)c1nc(C)cc(C(=O)N2CCN(c3cccc(C)c3)CC2)n1. The Morgan fingerprint density at radius 3 is 2.54 bits per heavy atom. The van der Waals surface area contributed by atoms with E-state index in [2.05, 4.69) is 53.0 Å². The lowest BCUT2D eigenvalue weighted by atomic mass is 10.2. The van der Waals surface area contributed by atoms with Crippen molar-refractivity contribution in [2.45, 2.75) is 33.6 Å². The van der Waals surface area contributed by atoms with Crippen molar-refractivity contribution in [2.24, 2.45) is 0 Å². The van der Waals surface area contributed by atoms with Crippen molar-refractivity contribution in [1.29, 1.82) is 0 Å². The first-order chi connectivity index (χ1) is 13.5. The summed E-state index contributed by atoms with van der Waals surface area (Å²) in [7, 11) is 1.99. The van der Waals surface area contributed by atoms with Gasteiger partial charge in [-0.3, -0.25) is 4.79 Å². The van der Waals surface area contributed by atoms with Gasteiger partial charge in [-0.15, -0.1) is 0 Å². The van der Waals surface area contributed by atoms with Crippen molar-refractivity contribution in [3.05, 3.63) is 47.3 Å². The summed E-state index contributed by atoms with van der Waals surface area (Å²) in [4.78, 5) is 28.4. The van der Waals surface area contributed by atoms with Crippen LogP contribution in [0.25, 0.3) is 0 Å². The van der Waals surface area contributed by atoms with Crippen LogP contribution in [0.3, 0.4) is 0 Å². The van der Waals surface area contributed by atoms with Gasteiger partial charge in [0.15, 0.2) is 0 Å². The molecule has 2 heterocycles. The number of nitrogens with zero attached hydrogens (tertiary/aromatic N) is 5. The van der Waals surface area contributed by atoms with E-state index in [1.54, 1.807) is 6.07 Å². The molecule has 0 N–H and O–H groups in total. The van der Waals surface area contributed by atoms with Crippen LogP contribution in [-0.4, -0.2) is 60.5 Å². The van der Waals surface area contributed by atoms with Crippen LogP contribution < -0.4 is 9.80 Å².